The number of hydrogen-bond donors (Lipinski definition) is 0. The van der Waals surface area contributed by atoms with Gasteiger partial charge >= 0.3 is 0 Å². The van der Waals surface area contributed by atoms with Crippen molar-refractivity contribution in [3.05, 3.63) is 46.0 Å². The molecular weight excluding hydrogens is 454 g/mol. The van der Waals surface area contributed by atoms with Gasteiger partial charge in [0, 0.05) is 62.8 Å². The smallest absolute Gasteiger partial charge is 0.253 e. The molecule has 1 heterocycles. The number of nitrogens with zero attached hydrogens (tertiary/aromatic N) is 3. The van der Waals surface area contributed by atoms with E-state index in [0.29, 0.717) is 11.3 Å². The van der Waals surface area contributed by atoms with E-state index in [0.717, 1.165) is 61.8 Å². The highest BCUT2D eigenvalue weighted by Gasteiger charge is 2.51. The van der Waals surface area contributed by atoms with E-state index in [9.17, 15) is 9.59 Å². The first-order valence-corrected chi connectivity index (χ1v) is 12.3. The minimum atomic E-state index is 0.0944. The summed E-state index contributed by atoms with van der Waals surface area (Å²) in [4.78, 5) is 31.4. The molecule has 0 N–H and O–H groups in total. The molecule has 1 aromatic rings. The van der Waals surface area contributed by atoms with Gasteiger partial charge in [0.2, 0.25) is 5.91 Å². The summed E-state index contributed by atoms with van der Waals surface area (Å²) in [5.41, 5.74) is 2.59. The monoisotopic (exact) mass is 487 g/mol. The molecule has 168 valence electrons. The number of fused-ring (bicyclic) bond motifs is 1. The van der Waals surface area contributed by atoms with Crippen LogP contribution in [0.15, 0.2) is 40.4 Å². The Morgan fingerprint density at radius 3 is 2.55 bits per heavy atom. The maximum Gasteiger partial charge on any atom is 0.253 e. The largest absolute Gasteiger partial charge is 0.338 e. The molecule has 0 spiro atoms. The lowest BCUT2D eigenvalue weighted by Gasteiger charge is -2.57. The standard InChI is InChI=1S/C25H34BrN3O2/c1-18(30)29(17-20-7-8-21-16-23(20)25(21,2)3)14-11-27-9-12-28(13-10-27)24(31)19-5-4-6-22(26)15-19/h4-7,15,21,23H,8-14,16-17H2,1-3H3. The predicted molar refractivity (Wildman–Crippen MR) is 127 cm³/mol. The number of halogens is 1. The molecule has 1 saturated heterocycles. The maximum atomic E-state index is 12.7. The lowest BCUT2D eigenvalue weighted by molar-refractivity contribution is -0.129. The number of allylic oxidation sites excluding steroid dienone is 1. The first-order valence-electron chi connectivity index (χ1n) is 11.5. The fourth-order valence-corrected chi connectivity index (χ4v) is 5.86. The topological polar surface area (TPSA) is 43.9 Å². The van der Waals surface area contributed by atoms with Crippen LogP contribution in [-0.2, 0) is 4.79 Å². The molecule has 6 heteroatoms. The Hall–Kier alpha value is -1.66. The summed E-state index contributed by atoms with van der Waals surface area (Å²) in [6.07, 6.45) is 4.85. The zero-order valence-electron chi connectivity index (χ0n) is 18.9. The molecule has 1 aliphatic heterocycles. The molecule has 31 heavy (non-hydrogen) atoms. The van der Waals surface area contributed by atoms with Gasteiger partial charge < -0.3 is 9.80 Å². The number of carbonyl (C=O) groups is 2. The van der Waals surface area contributed by atoms with Gasteiger partial charge in [-0.1, -0.05) is 47.5 Å². The van der Waals surface area contributed by atoms with Crippen LogP contribution < -0.4 is 0 Å². The molecule has 5 rings (SSSR count). The van der Waals surface area contributed by atoms with E-state index in [1.807, 2.05) is 34.1 Å². The summed E-state index contributed by atoms with van der Waals surface area (Å²) < 4.78 is 0.926. The molecule has 0 radical (unpaired) electrons. The third-order valence-corrected chi connectivity index (χ3v) is 8.31. The summed E-state index contributed by atoms with van der Waals surface area (Å²) in [5, 5.41) is 0. The van der Waals surface area contributed by atoms with Crippen LogP contribution in [0.2, 0.25) is 0 Å². The van der Waals surface area contributed by atoms with Crippen LogP contribution in [0.5, 0.6) is 0 Å². The molecule has 4 aliphatic rings. The van der Waals surface area contributed by atoms with Crippen molar-refractivity contribution in [1.29, 1.82) is 0 Å². The highest BCUT2D eigenvalue weighted by molar-refractivity contribution is 9.10. The van der Waals surface area contributed by atoms with Gasteiger partial charge in [0.25, 0.3) is 5.91 Å². The van der Waals surface area contributed by atoms with Crippen molar-refractivity contribution < 1.29 is 9.59 Å². The number of rotatable bonds is 6. The van der Waals surface area contributed by atoms with E-state index >= 15 is 0 Å². The van der Waals surface area contributed by atoms with E-state index in [2.05, 4.69) is 40.8 Å². The lowest BCUT2D eigenvalue weighted by Crippen LogP contribution is -2.52. The van der Waals surface area contributed by atoms with Crippen molar-refractivity contribution in [2.45, 2.75) is 33.6 Å². The molecule has 1 aromatic carbocycles. The Bertz CT molecular complexity index is 873. The molecule has 5 nitrogen and oxygen atoms in total. The molecule has 2 bridgehead atoms. The van der Waals surface area contributed by atoms with Crippen molar-refractivity contribution in [2.24, 2.45) is 17.3 Å². The quantitative estimate of drug-likeness (QED) is 0.568. The number of hydrogen-bond acceptors (Lipinski definition) is 3. The lowest BCUT2D eigenvalue weighted by atomic mass is 9.49. The Morgan fingerprint density at radius 2 is 1.94 bits per heavy atom. The van der Waals surface area contributed by atoms with Gasteiger partial charge in [0.15, 0.2) is 0 Å². The van der Waals surface area contributed by atoms with Crippen LogP contribution in [0.3, 0.4) is 0 Å². The van der Waals surface area contributed by atoms with E-state index in [1.165, 1.54) is 18.4 Å². The number of carbonyl (C=O) groups excluding carboxylic acids is 2. The van der Waals surface area contributed by atoms with Gasteiger partial charge in [0.05, 0.1) is 0 Å². The van der Waals surface area contributed by atoms with Crippen molar-refractivity contribution >= 4 is 27.7 Å². The average molecular weight is 488 g/mol. The molecular formula is C25H34BrN3O2. The van der Waals surface area contributed by atoms with Gasteiger partial charge in [0.1, 0.15) is 0 Å². The first kappa shape index (κ1) is 22.5. The Kier molecular flexibility index (Phi) is 6.59. The summed E-state index contributed by atoms with van der Waals surface area (Å²) in [5.74, 6) is 1.71. The van der Waals surface area contributed by atoms with Crippen molar-refractivity contribution in [2.75, 3.05) is 45.8 Å². The third-order valence-electron chi connectivity index (χ3n) is 7.82. The Labute approximate surface area is 194 Å². The Balaban J connectivity index is 1.26. The van der Waals surface area contributed by atoms with Crippen molar-refractivity contribution in [3.8, 4) is 0 Å². The van der Waals surface area contributed by atoms with Gasteiger partial charge in [-0.3, -0.25) is 14.5 Å². The van der Waals surface area contributed by atoms with E-state index in [-0.39, 0.29) is 11.8 Å². The molecule has 2 fully saturated rings. The highest BCUT2D eigenvalue weighted by Crippen LogP contribution is 2.59. The van der Waals surface area contributed by atoms with Crippen LogP contribution in [0, 0.1) is 17.3 Å². The minimum absolute atomic E-state index is 0.0944. The van der Waals surface area contributed by atoms with Crippen molar-refractivity contribution in [1.82, 2.24) is 14.7 Å². The molecule has 2 amide bonds. The second kappa shape index (κ2) is 9.07. The third kappa shape index (κ3) is 4.75. The van der Waals surface area contributed by atoms with Crippen molar-refractivity contribution in [3.63, 3.8) is 0 Å². The van der Waals surface area contributed by atoms with Crippen LogP contribution in [0.4, 0.5) is 0 Å². The van der Waals surface area contributed by atoms with Gasteiger partial charge in [-0.05, 0) is 48.3 Å². The SMILES string of the molecule is CC(=O)N(CCN1CCN(C(=O)c2cccc(Br)c2)CC1)CC1=CCC2CC1C2(C)C. The van der Waals surface area contributed by atoms with E-state index in [4.69, 9.17) is 0 Å². The minimum Gasteiger partial charge on any atom is -0.338 e. The van der Waals surface area contributed by atoms with E-state index < -0.39 is 0 Å². The van der Waals surface area contributed by atoms with Crippen LogP contribution in [0.1, 0.15) is 44.0 Å². The molecule has 0 aromatic heterocycles. The highest BCUT2D eigenvalue weighted by atomic mass is 79.9. The fraction of sp³-hybridized carbons (Fsp3) is 0.600. The molecule has 3 aliphatic carbocycles. The molecule has 2 atom stereocenters. The molecule has 2 unspecified atom stereocenters. The van der Waals surface area contributed by atoms with Gasteiger partial charge in [-0.15, -0.1) is 0 Å². The summed E-state index contributed by atoms with van der Waals surface area (Å²) in [7, 11) is 0. The summed E-state index contributed by atoms with van der Waals surface area (Å²) in [6, 6.07) is 7.58. The zero-order chi connectivity index (χ0) is 22.2. The van der Waals surface area contributed by atoms with Crippen LogP contribution >= 0.6 is 15.9 Å². The Morgan fingerprint density at radius 1 is 1.19 bits per heavy atom. The zero-order valence-corrected chi connectivity index (χ0v) is 20.5. The van der Waals surface area contributed by atoms with Gasteiger partial charge in [-0.25, -0.2) is 0 Å². The average Bonchev–Trinajstić information content (AvgIpc) is 2.76. The van der Waals surface area contributed by atoms with E-state index in [1.54, 1.807) is 6.92 Å². The van der Waals surface area contributed by atoms with Gasteiger partial charge in [-0.2, -0.15) is 0 Å². The van der Waals surface area contributed by atoms with Crippen LogP contribution in [-0.4, -0.2) is 72.3 Å². The number of amides is 2. The summed E-state index contributed by atoms with van der Waals surface area (Å²) >= 11 is 3.44. The maximum absolute atomic E-state index is 12.7. The normalized spacial score (nSPS) is 24.9. The second-order valence-electron chi connectivity index (χ2n) is 9.91. The van der Waals surface area contributed by atoms with Crippen LogP contribution in [0.25, 0.3) is 0 Å². The second-order valence-corrected chi connectivity index (χ2v) is 10.8. The summed E-state index contributed by atoms with van der Waals surface area (Å²) in [6.45, 7) is 12.0. The molecule has 1 saturated carbocycles. The number of piperazine rings is 1. The predicted octanol–water partition coefficient (Wildman–Crippen LogP) is 4.05. The first-order chi connectivity index (χ1) is 14.8. The number of benzene rings is 1. The fourth-order valence-electron chi connectivity index (χ4n) is 5.46.